The van der Waals surface area contributed by atoms with E-state index >= 15 is 0 Å². The molecule has 0 aromatic heterocycles. The number of nitrogens with zero attached hydrogens (tertiary/aromatic N) is 1. The molecular formula is C19H24N2O4S. The molecule has 0 bridgehead atoms. The molecule has 0 fully saturated rings. The van der Waals surface area contributed by atoms with E-state index in [1.54, 1.807) is 57.6 Å². The molecule has 2 aromatic carbocycles. The predicted octanol–water partition coefficient (Wildman–Crippen LogP) is 3.32. The van der Waals surface area contributed by atoms with Crippen molar-refractivity contribution in [3.8, 4) is 5.75 Å². The lowest BCUT2D eigenvalue weighted by Gasteiger charge is -2.15. The van der Waals surface area contributed by atoms with E-state index in [-0.39, 0.29) is 16.7 Å². The Kier molecular flexibility index (Phi) is 5.92. The number of ether oxygens (including phenoxy) is 1. The van der Waals surface area contributed by atoms with Gasteiger partial charge in [-0.2, -0.15) is 0 Å². The molecule has 0 heterocycles. The molecule has 0 aliphatic carbocycles. The van der Waals surface area contributed by atoms with E-state index in [2.05, 4.69) is 4.72 Å². The molecule has 0 atom stereocenters. The van der Waals surface area contributed by atoms with E-state index in [4.69, 9.17) is 4.74 Å². The van der Waals surface area contributed by atoms with Crippen LogP contribution in [0.25, 0.3) is 0 Å². The van der Waals surface area contributed by atoms with Crippen molar-refractivity contribution in [3.05, 3.63) is 53.6 Å². The summed E-state index contributed by atoms with van der Waals surface area (Å²) in [7, 11) is 1.14. The van der Waals surface area contributed by atoms with Crippen molar-refractivity contribution < 1.29 is 17.9 Å². The molecule has 0 unspecified atom stereocenters. The average Bonchev–Trinajstić information content (AvgIpc) is 2.60. The summed E-state index contributed by atoms with van der Waals surface area (Å²) in [6.45, 7) is 3.95. The highest BCUT2D eigenvalue weighted by molar-refractivity contribution is 7.92. The van der Waals surface area contributed by atoms with Crippen LogP contribution in [0.2, 0.25) is 0 Å². The number of amides is 1. The Labute approximate surface area is 154 Å². The van der Waals surface area contributed by atoms with Crippen LogP contribution in [0.5, 0.6) is 5.75 Å². The molecule has 0 saturated heterocycles. The standard InChI is InChI=1S/C19H24N2O4S/c1-13(2)17-12-16(10-11-18(17)25-5)26(23,24)20-15-8-6-14(7-9-15)19(22)21(3)4/h6-13,20H,1-5H3. The van der Waals surface area contributed by atoms with Crippen LogP contribution in [0.4, 0.5) is 5.69 Å². The van der Waals surface area contributed by atoms with Gasteiger partial charge < -0.3 is 9.64 Å². The Morgan fingerprint density at radius 3 is 2.19 bits per heavy atom. The van der Waals surface area contributed by atoms with Gasteiger partial charge in [0.15, 0.2) is 0 Å². The van der Waals surface area contributed by atoms with Crippen LogP contribution in [0, 0.1) is 0 Å². The van der Waals surface area contributed by atoms with E-state index in [1.165, 1.54) is 11.0 Å². The van der Waals surface area contributed by atoms with Crippen LogP contribution < -0.4 is 9.46 Å². The second-order valence-electron chi connectivity index (χ2n) is 6.44. The highest BCUT2D eigenvalue weighted by Gasteiger charge is 2.18. The maximum atomic E-state index is 12.7. The van der Waals surface area contributed by atoms with Crippen molar-refractivity contribution in [1.82, 2.24) is 4.90 Å². The van der Waals surface area contributed by atoms with Crippen molar-refractivity contribution in [2.75, 3.05) is 25.9 Å². The smallest absolute Gasteiger partial charge is 0.261 e. The average molecular weight is 376 g/mol. The topological polar surface area (TPSA) is 75.7 Å². The number of anilines is 1. The van der Waals surface area contributed by atoms with Crippen LogP contribution >= 0.6 is 0 Å². The summed E-state index contributed by atoms with van der Waals surface area (Å²) in [6, 6.07) is 11.1. The Morgan fingerprint density at radius 2 is 1.69 bits per heavy atom. The fourth-order valence-corrected chi connectivity index (χ4v) is 3.58. The Morgan fingerprint density at radius 1 is 1.08 bits per heavy atom. The van der Waals surface area contributed by atoms with Gasteiger partial charge in [0.2, 0.25) is 0 Å². The molecular weight excluding hydrogens is 352 g/mol. The number of carbonyl (C=O) groups is 1. The minimum absolute atomic E-state index is 0.122. The number of rotatable bonds is 6. The fourth-order valence-electron chi connectivity index (χ4n) is 2.48. The van der Waals surface area contributed by atoms with Gasteiger partial charge in [0, 0.05) is 25.3 Å². The zero-order valence-electron chi connectivity index (χ0n) is 15.6. The van der Waals surface area contributed by atoms with Crippen LogP contribution in [0.3, 0.4) is 0 Å². The number of carbonyl (C=O) groups excluding carboxylic acids is 1. The second-order valence-corrected chi connectivity index (χ2v) is 8.12. The molecule has 1 N–H and O–H groups in total. The molecule has 140 valence electrons. The summed E-state index contributed by atoms with van der Waals surface area (Å²) in [4.78, 5) is 13.5. The van der Waals surface area contributed by atoms with Crippen molar-refractivity contribution in [3.63, 3.8) is 0 Å². The molecule has 26 heavy (non-hydrogen) atoms. The van der Waals surface area contributed by atoms with E-state index in [0.29, 0.717) is 17.0 Å². The lowest BCUT2D eigenvalue weighted by molar-refractivity contribution is 0.0827. The summed E-state index contributed by atoms with van der Waals surface area (Å²) in [5.74, 6) is 0.637. The first-order chi connectivity index (χ1) is 12.2. The van der Waals surface area contributed by atoms with Crippen molar-refractivity contribution in [2.45, 2.75) is 24.7 Å². The molecule has 6 nitrogen and oxygen atoms in total. The third-order valence-electron chi connectivity index (χ3n) is 3.92. The first-order valence-electron chi connectivity index (χ1n) is 8.18. The maximum absolute atomic E-state index is 12.7. The summed E-state index contributed by atoms with van der Waals surface area (Å²) in [5.41, 5.74) is 1.70. The van der Waals surface area contributed by atoms with Gasteiger partial charge in [-0.1, -0.05) is 13.8 Å². The molecule has 2 rings (SSSR count). The lowest BCUT2D eigenvalue weighted by atomic mass is 10.0. The third kappa shape index (κ3) is 4.35. The fraction of sp³-hybridized carbons (Fsp3) is 0.316. The van der Waals surface area contributed by atoms with Gasteiger partial charge in [0.25, 0.3) is 15.9 Å². The maximum Gasteiger partial charge on any atom is 0.261 e. The van der Waals surface area contributed by atoms with E-state index in [0.717, 1.165) is 5.56 Å². The van der Waals surface area contributed by atoms with E-state index < -0.39 is 10.0 Å². The number of methoxy groups -OCH3 is 1. The number of sulfonamides is 1. The summed E-state index contributed by atoms with van der Waals surface area (Å²) < 4.78 is 33.2. The predicted molar refractivity (Wildman–Crippen MR) is 102 cm³/mol. The van der Waals surface area contributed by atoms with Crippen molar-refractivity contribution in [1.29, 1.82) is 0 Å². The largest absolute Gasteiger partial charge is 0.496 e. The first kappa shape index (κ1) is 19.8. The van der Waals surface area contributed by atoms with Gasteiger partial charge in [-0.3, -0.25) is 9.52 Å². The van der Waals surface area contributed by atoms with Crippen LogP contribution in [0.15, 0.2) is 47.4 Å². The molecule has 0 spiro atoms. The van der Waals surface area contributed by atoms with Gasteiger partial charge in [-0.05, 0) is 53.9 Å². The van der Waals surface area contributed by atoms with E-state index in [9.17, 15) is 13.2 Å². The minimum Gasteiger partial charge on any atom is -0.496 e. The zero-order chi connectivity index (χ0) is 19.5. The van der Waals surface area contributed by atoms with Crippen LogP contribution in [-0.4, -0.2) is 40.4 Å². The summed E-state index contributed by atoms with van der Waals surface area (Å²) >= 11 is 0. The molecule has 0 aliphatic rings. The second kappa shape index (κ2) is 7.78. The highest BCUT2D eigenvalue weighted by Crippen LogP contribution is 2.29. The van der Waals surface area contributed by atoms with Crippen LogP contribution in [-0.2, 0) is 10.0 Å². The lowest BCUT2D eigenvalue weighted by Crippen LogP contribution is -2.21. The SMILES string of the molecule is COc1ccc(S(=O)(=O)Nc2ccc(C(=O)N(C)C)cc2)cc1C(C)C. The molecule has 0 radical (unpaired) electrons. The number of nitrogens with one attached hydrogen (secondary N) is 1. The summed E-state index contributed by atoms with van der Waals surface area (Å²) in [5, 5.41) is 0. The van der Waals surface area contributed by atoms with Gasteiger partial charge in [-0.15, -0.1) is 0 Å². The monoisotopic (exact) mass is 376 g/mol. The third-order valence-corrected chi connectivity index (χ3v) is 5.30. The van der Waals surface area contributed by atoms with Gasteiger partial charge in [-0.25, -0.2) is 8.42 Å². The van der Waals surface area contributed by atoms with Crippen molar-refractivity contribution >= 4 is 21.6 Å². The molecule has 0 aliphatic heterocycles. The molecule has 1 amide bonds. The number of hydrogen-bond acceptors (Lipinski definition) is 4. The van der Waals surface area contributed by atoms with Gasteiger partial charge >= 0.3 is 0 Å². The molecule has 7 heteroatoms. The molecule has 0 saturated carbocycles. The highest BCUT2D eigenvalue weighted by atomic mass is 32.2. The Hall–Kier alpha value is -2.54. The van der Waals surface area contributed by atoms with Crippen LogP contribution in [0.1, 0.15) is 35.7 Å². The minimum atomic E-state index is -3.74. The number of benzene rings is 2. The van der Waals surface area contributed by atoms with Crippen molar-refractivity contribution in [2.24, 2.45) is 0 Å². The number of hydrogen-bond donors (Lipinski definition) is 1. The quantitative estimate of drug-likeness (QED) is 0.839. The van der Waals surface area contributed by atoms with Gasteiger partial charge in [0.05, 0.1) is 12.0 Å². The molecule has 2 aromatic rings. The first-order valence-corrected chi connectivity index (χ1v) is 9.66. The summed E-state index contributed by atoms with van der Waals surface area (Å²) in [6.07, 6.45) is 0. The zero-order valence-corrected chi connectivity index (χ0v) is 16.4. The Balaban J connectivity index is 2.29. The normalized spacial score (nSPS) is 11.3. The Bertz CT molecular complexity index is 888. The van der Waals surface area contributed by atoms with E-state index in [1.807, 2.05) is 13.8 Å². The van der Waals surface area contributed by atoms with Gasteiger partial charge in [0.1, 0.15) is 5.75 Å².